The van der Waals surface area contributed by atoms with Crippen LogP contribution in [0.15, 0.2) is 73.1 Å². The molecule has 194 valence electrons. The number of halogens is 1. The zero-order valence-corrected chi connectivity index (χ0v) is 21.5. The summed E-state index contributed by atoms with van der Waals surface area (Å²) in [5, 5.41) is 10.1. The van der Waals surface area contributed by atoms with Gasteiger partial charge in [0.1, 0.15) is 5.15 Å². The predicted molar refractivity (Wildman–Crippen MR) is 149 cm³/mol. The minimum Gasteiger partial charge on any atom is -0.381 e. The molecular formula is C29H28ClN5O3. The highest BCUT2D eigenvalue weighted by Crippen LogP contribution is 2.26. The van der Waals surface area contributed by atoms with E-state index in [0.29, 0.717) is 29.0 Å². The van der Waals surface area contributed by atoms with Crippen LogP contribution in [0.3, 0.4) is 0 Å². The van der Waals surface area contributed by atoms with E-state index in [1.807, 2.05) is 48.5 Å². The molecule has 3 N–H and O–H groups in total. The summed E-state index contributed by atoms with van der Waals surface area (Å²) in [7, 11) is 0. The summed E-state index contributed by atoms with van der Waals surface area (Å²) in [5.74, 6) is 0.318. The fraction of sp³-hybridized carbons (Fsp3) is 0.241. The lowest BCUT2D eigenvalue weighted by Gasteiger charge is -2.22. The number of hydrogen-bond acceptors (Lipinski definition) is 5. The van der Waals surface area contributed by atoms with Gasteiger partial charge >= 0.3 is 6.03 Å². The third kappa shape index (κ3) is 6.85. The number of urea groups is 1. The van der Waals surface area contributed by atoms with E-state index in [0.717, 1.165) is 53.6 Å². The number of hydrogen-bond donors (Lipinski definition) is 3. The third-order valence-corrected chi connectivity index (χ3v) is 6.69. The molecule has 3 heterocycles. The normalized spacial score (nSPS) is 13.7. The lowest BCUT2D eigenvalue weighted by Crippen LogP contribution is -2.35. The van der Waals surface area contributed by atoms with Crippen molar-refractivity contribution >= 4 is 45.8 Å². The molecule has 1 saturated heterocycles. The van der Waals surface area contributed by atoms with Gasteiger partial charge in [-0.25, -0.2) is 9.78 Å². The first-order valence-electron chi connectivity index (χ1n) is 12.5. The van der Waals surface area contributed by atoms with E-state index >= 15 is 0 Å². The number of carbonyl (C=O) groups excluding carboxylic acids is 2. The molecule has 3 amide bonds. The van der Waals surface area contributed by atoms with Gasteiger partial charge < -0.3 is 20.7 Å². The Morgan fingerprint density at radius 2 is 1.74 bits per heavy atom. The molecule has 0 unspecified atom stereocenters. The van der Waals surface area contributed by atoms with Crippen LogP contribution in [0, 0.1) is 5.92 Å². The second-order valence-corrected chi connectivity index (χ2v) is 9.70. The molecule has 38 heavy (non-hydrogen) atoms. The van der Waals surface area contributed by atoms with Crippen LogP contribution in [0.5, 0.6) is 0 Å². The van der Waals surface area contributed by atoms with E-state index in [2.05, 4.69) is 25.9 Å². The molecule has 9 heteroatoms. The van der Waals surface area contributed by atoms with Gasteiger partial charge in [0.15, 0.2) is 0 Å². The van der Waals surface area contributed by atoms with Crippen LogP contribution in [0.25, 0.3) is 22.0 Å². The Bertz CT molecular complexity index is 1440. The molecule has 0 atom stereocenters. The number of aromatic nitrogens is 2. The number of rotatable bonds is 7. The Balaban J connectivity index is 1.21. The van der Waals surface area contributed by atoms with Crippen LogP contribution >= 0.6 is 11.6 Å². The van der Waals surface area contributed by atoms with Crippen molar-refractivity contribution < 1.29 is 14.3 Å². The number of nitrogens with one attached hydrogen (secondary N) is 3. The van der Waals surface area contributed by atoms with Gasteiger partial charge in [0.05, 0.1) is 11.9 Å². The van der Waals surface area contributed by atoms with Gasteiger partial charge in [0.25, 0.3) is 0 Å². The Labute approximate surface area is 225 Å². The summed E-state index contributed by atoms with van der Waals surface area (Å²) in [6.45, 7) is 2.16. The van der Waals surface area contributed by atoms with Crippen molar-refractivity contribution in [3.8, 4) is 11.1 Å². The SMILES string of the molecule is O=C(Cc1ccc(Cl)nc1)Nc1cccc(-c2cnc3cc(NC(=O)NCC4CCOCC4)ccc3c2)c1. The molecule has 2 aromatic heterocycles. The van der Waals surface area contributed by atoms with Gasteiger partial charge in [0, 0.05) is 54.5 Å². The van der Waals surface area contributed by atoms with Crippen LogP contribution in [0.2, 0.25) is 5.15 Å². The van der Waals surface area contributed by atoms with Crippen molar-refractivity contribution in [1.82, 2.24) is 15.3 Å². The molecule has 1 fully saturated rings. The number of ether oxygens (including phenoxy) is 1. The van der Waals surface area contributed by atoms with Crippen molar-refractivity contribution in [3.05, 3.63) is 83.8 Å². The van der Waals surface area contributed by atoms with E-state index in [1.165, 1.54) is 0 Å². The third-order valence-electron chi connectivity index (χ3n) is 6.47. The quantitative estimate of drug-likeness (QED) is 0.267. The van der Waals surface area contributed by atoms with Crippen LogP contribution < -0.4 is 16.0 Å². The maximum absolute atomic E-state index is 12.5. The first-order valence-corrected chi connectivity index (χ1v) is 12.9. The van der Waals surface area contributed by atoms with Crippen molar-refractivity contribution in [2.45, 2.75) is 19.3 Å². The minimum atomic E-state index is -0.223. The Morgan fingerprint density at radius 1 is 0.895 bits per heavy atom. The van der Waals surface area contributed by atoms with Crippen LogP contribution in [0.4, 0.5) is 16.2 Å². The Morgan fingerprint density at radius 3 is 2.55 bits per heavy atom. The highest BCUT2D eigenvalue weighted by Gasteiger charge is 2.15. The molecule has 8 nitrogen and oxygen atoms in total. The van der Waals surface area contributed by atoms with Crippen LogP contribution in [0.1, 0.15) is 18.4 Å². The highest BCUT2D eigenvalue weighted by molar-refractivity contribution is 6.29. The zero-order valence-electron chi connectivity index (χ0n) is 20.7. The van der Waals surface area contributed by atoms with E-state index in [9.17, 15) is 9.59 Å². The lowest BCUT2D eigenvalue weighted by atomic mass is 10.0. The number of pyridine rings is 2. The summed E-state index contributed by atoms with van der Waals surface area (Å²) < 4.78 is 5.37. The average molecular weight is 530 g/mol. The van der Waals surface area contributed by atoms with Crippen molar-refractivity contribution in [3.63, 3.8) is 0 Å². The van der Waals surface area contributed by atoms with E-state index in [1.54, 1.807) is 24.5 Å². The molecule has 0 bridgehead atoms. The van der Waals surface area contributed by atoms with Crippen molar-refractivity contribution in [2.24, 2.45) is 5.92 Å². The fourth-order valence-electron chi connectivity index (χ4n) is 4.40. The fourth-order valence-corrected chi connectivity index (χ4v) is 4.51. The predicted octanol–water partition coefficient (Wildman–Crippen LogP) is 5.68. The van der Waals surface area contributed by atoms with Crippen molar-refractivity contribution in [1.29, 1.82) is 0 Å². The molecule has 4 aromatic rings. The van der Waals surface area contributed by atoms with Gasteiger partial charge in [-0.05, 0) is 66.3 Å². The van der Waals surface area contributed by atoms with E-state index in [4.69, 9.17) is 16.3 Å². The Hall–Kier alpha value is -4.01. The topological polar surface area (TPSA) is 105 Å². The number of nitrogens with zero attached hydrogens (tertiary/aromatic N) is 2. The molecule has 0 spiro atoms. The summed E-state index contributed by atoms with van der Waals surface area (Å²) in [6, 6.07) is 18.6. The molecule has 1 aliphatic rings. The molecule has 2 aromatic carbocycles. The smallest absolute Gasteiger partial charge is 0.319 e. The van der Waals surface area contributed by atoms with Crippen LogP contribution in [-0.4, -0.2) is 41.7 Å². The van der Waals surface area contributed by atoms with Gasteiger partial charge in [-0.1, -0.05) is 35.9 Å². The van der Waals surface area contributed by atoms with Gasteiger partial charge in [-0.2, -0.15) is 0 Å². The molecule has 1 aliphatic heterocycles. The standard InChI is InChI=1S/C29H28ClN5O3/c30-27-7-4-20(17-32-27)12-28(36)34-24-3-1-2-21(14-24)23-13-22-5-6-25(15-26(22)31-18-23)35-29(37)33-16-19-8-10-38-11-9-19/h1-7,13-15,17-19H,8-12,16H2,(H,34,36)(H2,33,35,37). The monoisotopic (exact) mass is 529 g/mol. The second-order valence-electron chi connectivity index (χ2n) is 9.32. The van der Waals surface area contributed by atoms with E-state index in [-0.39, 0.29) is 18.4 Å². The van der Waals surface area contributed by atoms with Gasteiger partial charge in [-0.15, -0.1) is 0 Å². The lowest BCUT2D eigenvalue weighted by molar-refractivity contribution is -0.115. The first kappa shape index (κ1) is 25.6. The summed E-state index contributed by atoms with van der Waals surface area (Å²) in [5.41, 5.74) is 4.79. The average Bonchev–Trinajstić information content (AvgIpc) is 2.93. The minimum absolute atomic E-state index is 0.139. The molecule has 5 rings (SSSR count). The number of anilines is 2. The second kappa shape index (κ2) is 12.0. The van der Waals surface area contributed by atoms with E-state index < -0.39 is 0 Å². The van der Waals surface area contributed by atoms with Gasteiger partial charge in [-0.3, -0.25) is 9.78 Å². The molecule has 0 radical (unpaired) electrons. The number of amides is 3. The van der Waals surface area contributed by atoms with Gasteiger partial charge in [0.2, 0.25) is 5.91 Å². The molecule has 0 saturated carbocycles. The van der Waals surface area contributed by atoms with Crippen molar-refractivity contribution in [2.75, 3.05) is 30.4 Å². The summed E-state index contributed by atoms with van der Waals surface area (Å²) in [4.78, 5) is 33.5. The molecule has 0 aliphatic carbocycles. The Kier molecular flexibility index (Phi) is 8.11. The number of carbonyl (C=O) groups is 2. The van der Waals surface area contributed by atoms with Crippen LogP contribution in [-0.2, 0) is 16.0 Å². The number of fused-ring (bicyclic) bond motifs is 1. The largest absolute Gasteiger partial charge is 0.381 e. The zero-order chi connectivity index (χ0) is 26.3. The summed E-state index contributed by atoms with van der Waals surface area (Å²) >= 11 is 5.81. The highest BCUT2D eigenvalue weighted by atomic mass is 35.5. The number of benzene rings is 2. The maximum atomic E-state index is 12.5. The molecular weight excluding hydrogens is 502 g/mol. The first-order chi connectivity index (χ1) is 18.5. The summed E-state index contributed by atoms with van der Waals surface area (Å²) in [6.07, 6.45) is 5.53. The maximum Gasteiger partial charge on any atom is 0.319 e.